The molecule has 0 saturated heterocycles. The molecule has 1 N–H and O–H groups in total. The van der Waals surface area contributed by atoms with Gasteiger partial charge in [-0.3, -0.25) is 9.71 Å². The summed E-state index contributed by atoms with van der Waals surface area (Å²) in [5, 5.41) is 0. The van der Waals surface area contributed by atoms with Crippen molar-refractivity contribution in [2.75, 3.05) is 11.3 Å². The van der Waals surface area contributed by atoms with Gasteiger partial charge in [0.25, 0.3) is 10.0 Å². The highest BCUT2D eigenvalue weighted by Crippen LogP contribution is 2.28. The summed E-state index contributed by atoms with van der Waals surface area (Å²) in [7, 11) is -3.60. The van der Waals surface area contributed by atoms with Gasteiger partial charge in [0, 0.05) is 11.9 Å². The molecule has 1 aliphatic rings. The van der Waals surface area contributed by atoms with Gasteiger partial charge in [0.05, 0.1) is 17.2 Å². The molecule has 110 valence electrons. The molecule has 0 aliphatic carbocycles. The molecule has 5 nitrogen and oxygen atoms in total. The molecule has 2 aromatic rings. The standard InChI is InChI=1S/C15H16N2O3S/c1-11-9-13(6-7-16-11)17-21(18,19)14-4-5-15-12(10-14)3-2-8-20-15/h4-7,9-10H,2-3,8H2,1H3,(H,16,17). The van der Waals surface area contributed by atoms with E-state index in [1.165, 1.54) is 0 Å². The molecule has 21 heavy (non-hydrogen) atoms. The van der Waals surface area contributed by atoms with Gasteiger partial charge in [-0.05, 0) is 55.7 Å². The Morgan fingerprint density at radius 2 is 2.10 bits per heavy atom. The fourth-order valence-corrected chi connectivity index (χ4v) is 3.43. The minimum Gasteiger partial charge on any atom is -0.493 e. The van der Waals surface area contributed by atoms with Crippen molar-refractivity contribution in [3.63, 3.8) is 0 Å². The van der Waals surface area contributed by atoms with Crippen LogP contribution in [-0.4, -0.2) is 20.0 Å². The Bertz CT molecular complexity index is 772. The van der Waals surface area contributed by atoms with Crippen molar-refractivity contribution in [1.29, 1.82) is 0 Å². The molecule has 0 unspecified atom stereocenters. The molecule has 3 rings (SSSR count). The third-order valence-electron chi connectivity index (χ3n) is 3.34. The number of benzene rings is 1. The van der Waals surface area contributed by atoms with Crippen LogP contribution in [0.4, 0.5) is 5.69 Å². The number of nitrogens with one attached hydrogen (secondary N) is 1. The molecule has 2 heterocycles. The molecular formula is C15H16N2O3S. The van der Waals surface area contributed by atoms with Crippen molar-refractivity contribution in [1.82, 2.24) is 4.98 Å². The first-order chi connectivity index (χ1) is 10.0. The fraction of sp³-hybridized carbons (Fsp3) is 0.267. The number of aromatic nitrogens is 1. The summed E-state index contributed by atoms with van der Waals surface area (Å²) in [5.41, 5.74) is 2.21. The average molecular weight is 304 g/mol. The molecule has 0 amide bonds. The van der Waals surface area contributed by atoms with Crippen LogP contribution < -0.4 is 9.46 Å². The van der Waals surface area contributed by atoms with Gasteiger partial charge in [-0.2, -0.15) is 0 Å². The molecular weight excluding hydrogens is 288 g/mol. The summed E-state index contributed by atoms with van der Waals surface area (Å²) in [6.07, 6.45) is 3.33. The Kier molecular flexibility index (Phi) is 3.55. The van der Waals surface area contributed by atoms with Crippen LogP contribution in [0.1, 0.15) is 17.7 Å². The zero-order valence-electron chi connectivity index (χ0n) is 11.7. The van der Waals surface area contributed by atoms with Gasteiger partial charge in [-0.15, -0.1) is 0 Å². The van der Waals surface area contributed by atoms with Crippen LogP contribution in [0.2, 0.25) is 0 Å². The summed E-state index contributed by atoms with van der Waals surface area (Å²) >= 11 is 0. The number of anilines is 1. The van der Waals surface area contributed by atoms with Crippen molar-refractivity contribution in [2.45, 2.75) is 24.7 Å². The van der Waals surface area contributed by atoms with E-state index in [9.17, 15) is 8.42 Å². The number of fused-ring (bicyclic) bond motifs is 1. The molecule has 1 aliphatic heterocycles. The Labute approximate surface area is 124 Å². The number of pyridine rings is 1. The zero-order valence-corrected chi connectivity index (χ0v) is 12.5. The van der Waals surface area contributed by atoms with Crippen molar-refractivity contribution < 1.29 is 13.2 Å². The molecule has 1 aromatic carbocycles. The SMILES string of the molecule is Cc1cc(NS(=O)(=O)c2ccc3c(c2)CCCO3)ccn1. The van der Waals surface area contributed by atoms with E-state index in [0.29, 0.717) is 12.3 Å². The topological polar surface area (TPSA) is 68.3 Å². The maximum Gasteiger partial charge on any atom is 0.261 e. The second-order valence-corrected chi connectivity index (χ2v) is 6.70. The summed E-state index contributed by atoms with van der Waals surface area (Å²) in [6.45, 7) is 2.50. The molecule has 6 heteroatoms. The Balaban J connectivity index is 1.91. The number of hydrogen-bond acceptors (Lipinski definition) is 4. The van der Waals surface area contributed by atoms with Crippen molar-refractivity contribution in [3.05, 3.63) is 47.8 Å². The lowest BCUT2D eigenvalue weighted by atomic mass is 10.1. The zero-order chi connectivity index (χ0) is 14.9. The Hall–Kier alpha value is -2.08. The fourth-order valence-electron chi connectivity index (χ4n) is 2.33. The minimum absolute atomic E-state index is 0.251. The summed E-state index contributed by atoms with van der Waals surface area (Å²) < 4.78 is 32.9. The molecule has 0 radical (unpaired) electrons. The van der Waals surface area contributed by atoms with Crippen LogP contribution in [0.25, 0.3) is 0 Å². The van der Waals surface area contributed by atoms with Gasteiger partial charge in [0.1, 0.15) is 5.75 Å². The quantitative estimate of drug-likeness (QED) is 0.946. The third-order valence-corrected chi connectivity index (χ3v) is 4.72. The summed E-state index contributed by atoms with van der Waals surface area (Å²) in [6, 6.07) is 8.30. The van der Waals surface area contributed by atoms with E-state index in [0.717, 1.165) is 29.8 Å². The lowest BCUT2D eigenvalue weighted by molar-refractivity contribution is 0.288. The van der Waals surface area contributed by atoms with E-state index < -0.39 is 10.0 Å². The van der Waals surface area contributed by atoms with Crippen LogP contribution >= 0.6 is 0 Å². The van der Waals surface area contributed by atoms with E-state index in [1.54, 1.807) is 36.5 Å². The van der Waals surface area contributed by atoms with Crippen LogP contribution in [0.15, 0.2) is 41.4 Å². The number of aryl methyl sites for hydroxylation is 2. The van der Waals surface area contributed by atoms with Crippen molar-refractivity contribution >= 4 is 15.7 Å². The lowest BCUT2D eigenvalue weighted by Gasteiger charge is -2.18. The van der Waals surface area contributed by atoms with E-state index in [4.69, 9.17) is 4.74 Å². The largest absolute Gasteiger partial charge is 0.493 e. The van der Waals surface area contributed by atoms with Gasteiger partial charge < -0.3 is 4.74 Å². The summed E-state index contributed by atoms with van der Waals surface area (Å²) in [4.78, 5) is 4.30. The number of sulfonamides is 1. The van der Waals surface area contributed by atoms with Crippen molar-refractivity contribution in [3.8, 4) is 5.75 Å². The van der Waals surface area contributed by atoms with Crippen molar-refractivity contribution in [2.24, 2.45) is 0 Å². The molecule has 0 fully saturated rings. The highest BCUT2D eigenvalue weighted by Gasteiger charge is 2.18. The monoisotopic (exact) mass is 304 g/mol. The van der Waals surface area contributed by atoms with E-state index in [1.807, 2.05) is 6.92 Å². The van der Waals surface area contributed by atoms with Gasteiger partial charge in [0.2, 0.25) is 0 Å². The molecule has 0 bridgehead atoms. The second kappa shape index (κ2) is 5.37. The first-order valence-electron chi connectivity index (χ1n) is 6.76. The molecule has 0 spiro atoms. The van der Waals surface area contributed by atoms with Crippen LogP contribution in [-0.2, 0) is 16.4 Å². The maximum absolute atomic E-state index is 12.4. The van der Waals surface area contributed by atoms with Crippen LogP contribution in [0.5, 0.6) is 5.75 Å². The van der Waals surface area contributed by atoms with E-state index in [-0.39, 0.29) is 4.90 Å². The Morgan fingerprint density at radius 1 is 1.24 bits per heavy atom. The highest BCUT2D eigenvalue weighted by molar-refractivity contribution is 7.92. The van der Waals surface area contributed by atoms with Gasteiger partial charge >= 0.3 is 0 Å². The predicted octanol–water partition coefficient (Wildman–Crippen LogP) is 2.52. The molecule has 0 atom stereocenters. The first kappa shape index (κ1) is 13.9. The molecule has 1 aromatic heterocycles. The number of rotatable bonds is 3. The molecule has 0 saturated carbocycles. The number of nitrogens with zero attached hydrogens (tertiary/aromatic N) is 1. The van der Waals surface area contributed by atoms with Gasteiger partial charge in [0.15, 0.2) is 0 Å². The average Bonchev–Trinajstić information content (AvgIpc) is 2.46. The van der Waals surface area contributed by atoms with E-state index in [2.05, 4.69) is 9.71 Å². The van der Waals surface area contributed by atoms with E-state index >= 15 is 0 Å². The number of ether oxygens (including phenoxy) is 1. The lowest BCUT2D eigenvalue weighted by Crippen LogP contribution is -2.15. The van der Waals surface area contributed by atoms with Crippen LogP contribution in [0, 0.1) is 6.92 Å². The van der Waals surface area contributed by atoms with Gasteiger partial charge in [-0.25, -0.2) is 8.42 Å². The third kappa shape index (κ3) is 3.00. The number of hydrogen-bond donors (Lipinski definition) is 1. The predicted molar refractivity (Wildman–Crippen MR) is 80.0 cm³/mol. The highest BCUT2D eigenvalue weighted by atomic mass is 32.2. The normalized spacial score (nSPS) is 14.1. The Morgan fingerprint density at radius 3 is 2.90 bits per heavy atom. The van der Waals surface area contributed by atoms with Gasteiger partial charge in [-0.1, -0.05) is 0 Å². The minimum atomic E-state index is -3.60. The smallest absolute Gasteiger partial charge is 0.261 e. The summed E-state index contributed by atoms with van der Waals surface area (Å²) in [5.74, 6) is 0.778. The second-order valence-electron chi connectivity index (χ2n) is 5.01. The maximum atomic E-state index is 12.4. The van der Waals surface area contributed by atoms with Crippen LogP contribution in [0.3, 0.4) is 0 Å². The first-order valence-corrected chi connectivity index (χ1v) is 8.24.